The van der Waals surface area contributed by atoms with Crippen LogP contribution in [-0.2, 0) is 0 Å². The van der Waals surface area contributed by atoms with Gasteiger partial charge in [0.25, 0.3) is 0 Å². The summed E-state index contributed by atoms with van der Waals surface area (Å²) in [6, 6.07) is 14.3. The summed E-state index contributed by atoms with van der Waals surface area (Å²) in [5, 5.41) is 0. The minimum atomic E-state index is 0.854. The summed E-state index contributed by atoms with van der Waals surface area (Å²) in [5.41, 5.74) is 1.03. The van der Waals surface area contributed by atoms with Crippen LogP contribution >= 0.6 is 11.8 Å². The van der Waals surface area contributed by atoms with Gasteiger partial charge in [-0.25, -0.2) is 0 Å². The molecule has 0 N–H and O–H groups in total. The number of hydrogen-bond acceptors (Lipinski definition) is 3. The second kappa shape index (κ2) is 8.54. The van der Waals surface area contributed by atoms with Crippen molar-refractivity contribution < 1.29 is 9.47 Å². The molecule has 0 aliphatic heterocycles. The molecule has 2 aromatic rings. The highest BCUT2D eigenvalue weighted by Gasteiger charge is 2.09. The van der Waals surface area contributed by atoms with E-state index in [2.05, 4.69) is 12.1 Å². The third-order valence-corrected chi connectivity index (χ3v) is 3.68. The largest absolute Gasteiger partial charge is 0.496 e. The van der Waals surface area contributed by atoms with Crippen molar-refractivity contribution in [1.29, 1.82) is 0 Å². The molecule has 20 heavy (non-hydrogen) atoms. The number of hydrogen-bond donors (Lipinski definition) is 0. The first-order valence-corrected chi connectivity index (χ1v) is 7.51. The van der Waals surface area contributed by atoms with Gasteiger partial charge in [0.15, 0.2) is 0 Å². The van der Waals surface area contributed by atoms with Crippen molar-refractivity contribution in [3.63, 3.8) is 0 Å². The van der Waals surface area contributed by atoms with Gasteiger partial charge in [-0.3, -0.25) is 0 Å². The molecule has 2 rings (SSSR count). The van der Waals surface area contributed by atoms with Crippen molar-refractivity contribution in [3.05, 3.63) is 48.0 Å². The van der Waals surface area contributed by atoms with Crippen molar-refractivity contribution in [2.75, 3.05) is 14.2 Å². The van der Waals surface area contributed by atoms with Crippen molar-refractivity contribution >= 4 is 11.8 Å². The molecule has 0 fully saturated rings. The number of benzene rings is 2. The Morgan fingerprint density at radius 3 is 1.75 bits per heavy atom. The van der Waals surface area contributed by atoms with Crippen LogP contribution in [0, 0.1) is 6.92 Å². The molecule has 0 aliphatic rings. The van der Waals surface area contributed by atoms with Gasteiger partial charge in [-0.2, -0.15) is 0 Å². The minimum Gasteiger partial charge on any atom is -0.496 e. The molecule has 0 unspecified atom stereocenters. The minimum absolute atomic E-state index is 0.854. The van der Waals surface area contributed by atoms with E-state index in [1.165, 1.54) is 4.90 Å². The number of ether oxygens (including phenoxy) is 2. The lowest BCUT2D eigenvalue weighted by Gasteiger charge is -2.12. The molecule has 0 spiro atoms. The van der Waals surface area contributed by atoms with E-state index in [4.69, 9.17) is 9.47 Å². The first-order chi connectivity index (χ1) is 9.74. The summed E-state index contributed by atoms with van der Waals surface area (Å²) >= 11 is 1.70. The van der Waals surface area contributed by atoms with Crippen molar-refractivity contribution in [2.45, 2.75) is 30.6 Å². The summed E-state index contributed by atoms with van der Waals surface area (Å²) in [7, 11) is 3.36. The van der Waals surface area contributed by atoms with E-state index in [1.54, 1.807) is 26.0 Å². The van der Waals surface area contributed by atoms with E-state index in [0.717, 1.165) is 22.0 Å². The predicted octanol–water partition coefficient (Wildman–Crippen LogP) is 5.19. The van der Waals surface area contributed by atoms with Crippen molar-refractivity contribution in [3.8, 4) is 11.5 Å². The van der Waals surface area contributed by atoms with E-state index in [-0.39, 0.29) is 0 Å². The monoisotopic (exact) mass is 290 g/mol. The molecule has 0 saturated heterocycles. The quantitative estimate of drug-likeness (QED) is 0.772. The van der Waals surface area contributed by atoms with E-state index in [1.807, 2.05) is 51.1 Å². The van der Waals surface area contributed by atoms with Gasteiger partial charge in [0.2, 0.25) is 0 Å². The van der Waals surface area contributed by atoms with Gasteiger partial charge in [-0.1, -0.05) is 43.8 Å². The van der Waals surface area contributed by atoms with Gasteiger partial charge in [-0.15, -0.1) is 0 Å². The fourth-order valence-electron chi connectivity index (χ4n) is 1.75. The van der Waals surface area contributed by atoms with Crippen LogP contribution in [0.25, 0.3) is 0 Å². The predicted molar refractivity (Wildman–Crippen MR) is 86.2 cm³/mol. The lowest BCUT2D eigenvalue weighted by atomic mass is 10.2. The smallest absolute Gasteiger partial charge is 0.126 e. The first kappa shape index (κ1) is 16.4. The Kier molecular flexibility index (Phi) is 7.02. The van der Waals surface area contributed by atoms with E-state index < -0.39 is 0 Å². The van der Waals surface area contributed by atoms with E-state index in [0.29, 0.717) is 0 Å². The SMILES string of the molecule is CC.COc1cc(Sc2ccccc2)cc(OC)c1C. The topological polar surface area (TPSA) is 18.5 Å². The maximum Gasteiger partial charge on any atom is 0.126 e. The van der Waals surface area contributed by atoms with Crippen LogP contribution < -0.4 is 9.47 Å². The van der Waals surface area contributed by atoms with Crippen LogP contribution in [0.3, 0.4) is 0 Å². The fraction of sp³-hybridized carbons (Fsp3) is 0.294. The molecule has 108 valence electrons. The van der Waals surface area contributed by atoms with E-state index >= 15 is 0 Å². The average molecular weight is 290 g/mol. The van der Waals surface area contributed by atoms with Crippen LogP contribution in [0.2, 0.25) is 0 Å². The van der Waals surface area contributed by atoms with Crippen LogP contribution in [0.15, 0.2) is 52.3 Å². The first-order valence-electron chi connectivity index (χ1n) is 6.70. The molecule has 0 radical (unpaired) electrons. The number of methoxy groups -OCH3 is 2. The van der Waals surface area contributed by atoms with Crippen molar-refractivity contribution in [2.24, 2.45) is 0 Å². The molecule has 0 saturated carbocycles. The van der Waals surface area contributed by atoms with Crippen LogP contribution in [0.5, 0.6) is 11.5 Å². The summed E-state index contributed by atoms with van der Waals surface area (Å²) in [5.74, 6) is 1.71. The second-order valence-electron chi connectivity index (χ2n) is 3.87. The van der Waals surface area contributed by atoms with Gasteiger partial charge in [0, 0.05) is 15.4 Å². The molecule has 2 nitrogen and oxygen atoms in total. The zero-order valence-electron chi connectivity index (χ0n) is 12.8. The highest BCUT2D eigenvalue weighted by molar-refractivity contribution is 7.99. The van der Waals surface area contributed by atoms with Gasteiger partial charge in [-0.05, 0) is 31.2 Å². The Hall–Kier alpha value is -1.61. The lowest BCUT2D eigenvalue weighted by molar-refractivity contribution is 0.387. The maximum absolute atomic E-state index is 5.37. The molecular weight excluding hydrogens is 268 g/mol. The molecule has 0 atom stereocenters. The number of rotatable bonds is 4. The molecule has 0 heterocycles. The summed E-state index contributed by atoms with van der Waals surface area (Å²) in [6.07, 6.45) is 0. The second-order valence-corrected chi connectivity index (χ2v) is 5.01. The highest BCUT2D eigenvalue weighted by Crippen LogP contribution is 2.36. The Morgan fingerprint density at radius 1 is 0.800 bits per heavy atom. The third-order valence-electron chi connectivity index (χ3n) is 2.70. The zero-order chi connectivity index (χ0) is 15.0. The molecule has 2 aromatic carbocycles. The molecule has 0 bridgehead atoms. The molecule has 0 aromatic heterocycles. The Morgan fingerprint density at radius 2 is 1.30 bits per heavy atom. The average Bonchev–Trinajstić information content (AvgIpc) is 2.52. The van der Waals surface area contributed by atoms with Gasteiger partial charge in [0.1, 0.15) is 11.5 Å². The van der Waals surface area contributed by atoms with Gasteiger partial charge >= 0.3 is 0 Å². The summed E-state index contributed by atoms with van der Waals surface area (Å²) in [4.78, 5) is 2.31. The fourth-order valence-corrected chi connectivity index (χ4v) is 2.64. The van der Waals surface area contributed by atoms with Crippen LogP contribution in [0.4, 0.5) is 0 Å². The van der Waals surface area contributed by atoms with Gasteiger partial charge in [0.05, 0.1) is 14.2 Å². The maximum atomic E-state index is 5.37. The Labute approximate surface area is 126 Å². The van der Waals surface area contributed by atoms with Crippen LogP contribution in [-0.4, -0.2) is 14.2 Å². The van der Waals surface area contributed by atoms with E-state index in [9.17, 15) is 0 Å². The highest BCUT2D eigenvalue weighted by atomic mass is 32.2. The Balaban J connectivity index is 0.000000956. The third kappa shape index (κ3) is 4.20. The molecule has 3 heteroatoms. The molecular formula is C17H22O2S. The van der Waals surface area contributed by atoms with Gasteiger partial charge < -0.3 is 9.47 Å². The Bertz CT molecular complexity index is 499. The lowest BCUT2D eigenvalue weighted by Crippen LogP contribution is -1.93. The standard InChI is InChI=1S/C15H16O2S.C2H6/c1-11-14(16-2)9-13(10-15(11)17-3)18-12-7-5-4-6-8-12;1-2/h4-10H,1-3H3;1-2H3. The zero-order valence-corrected chi connectivity index (χ0v) is 13.6. The molecule has 0 aliphatic carbocycles. The van der Waals surface area contributed by atoms with Crippen LogP contribution in [0.1, 0.15) is 19.4 Å². The normalized spacial score (nSPS) is 9.45. The summed E-state index contributed by atoms with van der Waals surface area (Å²) < 4.78 is 10.7. The molecule has 0 amide bonds. The van der Waals surface area contributed by atoms with Crippen molar-refractivity contribution in [1.82, 2.24) is 0 Å². The summed E-state index contributed by atoms with van der Waals surface area (Å²) in [6.45, 7) is 5.99.